The molecule has 0 bridgehead atoms. The molecule has 10 nitrogen and oxygen atoms in total. The molecule has 1 unspecified atom stereocenters. The number of amides is 1. The summed E-state index contributed by atoms with van der Waals surface area (Å²) in [5.41, 5.74) is 8.39. The van der Waals surface area contributed by atoms with Crippen molar-refractivity contribution in [1.82, 2.24) is 29.2 Å². The molecule has 0 radical (unpaired) electrons. The number of carbonyl (C=O) groups is 1. The summed E-state index contributed by atoms with van der Waals surface area (Å²) in [5, 5.41) is 7.63. The molecule has 0 fully saturated rings. The van der Waals surface area contributed by atoms with Crippen molar-refractivity contribution in [1.29, 1.82) is 0 Å². The highest BCUT2D eigenvalue weighted by Crippen LogP contribution is 2.29. The first kappa shape index (κ1) is 27.9. The van der Waals surface area contributed by atoms with Crippen LogP contribution >= 0.6 is 23.2 Å². The monoisotopic (exact) mass is 566 g/mol. The quantitative estimate of drug-likeness (QED) is 0.255. The highest BCUT2D eigenvalue weighted by atomic mass is 35.5. The number of aromatic nitrogens is 5. The first-order valence-corrected chi connectivity index (χ1v) is 13.0. The number of nitrogens with zero attached hydrogens (tertiary/aromatic N) is 6. The fourth-order valence-corrected chi connectivity index (χ4v) is 4.34. The van der Waals surface area contributed by atoms with Gasteiger partial charge in [0.1, 0.15) is 17.3 Å². The van der Waals surface area contributed by atoms with E-state index in [0.29, 0.717) is 28.5 Å². The molecule has 2 aromatic carbocycles. The number of fused-ring (bicyclic) bond motifs is 1. The second-order valence-electron chi connectivity index (χ2n) is 8.90. The normalized spacial score (nSPS) is 13.6. The molecule has 4 aromatic rings. The zero-order chi connectivity index (χ0) is 27.8. The van der Waals surface area contributed by atoms with Gasteiger partial charge in [-0.1, -0.05) is 53.5 Å². The lowest BCUT2D eigenvalue weighted by Crippen LogP contribution is -2.33. The maximum absolute atomic E-state index is 12.7. The number of carbonyl (C=O) groups excluding carboxylic acids is 1. The van der Waals surface area contributed by atoms with Crippen LogP contribution in [0.1, 0.15) is 24.4 Å². The van der Waals surface area contributed by atoms with E-state index in [0.717, 1.165) is 37.3 Å². The number of hydrogen-bond acceptors (Lipinski definition) is 7. The van der Waals surface area contributed by atoms with Crippen LogP contribution in [-0.2, 0) is 24.3 Å². The van der Waals surface area contributed by atoms with E-state index < -0.39 is 0 Å². The van der Waals surface area contributed by atoms with Crippen molar-refractivity contribution in [3.63, 3.8) is 0 Å². The molecule has 1 amide bonds. The average Bonchev–Trinajstić information content (AvgIpc) is 3.41. The first-order valence-electron chi connectivity index (χ1n) is 12.2. The molecule has 202 valence electrons. The maximum atomic E-state index is 12.7. The van der Waals surface area contributed by atoms with Gasteiger partial charge in [-0.05, 0) is 37.1 Å². The van der Waals surface area contributed by atoms with Gasteiger partial charge in [-0.25, -0.2) is 14.6 Å². The third-order valence-corrected chi connectivity index (χ3v) is 6.44. The number of hydrogen-bond donors (Lipinski definition) is 2. The number of nitrogens with two attached hydrogens (primary N) is 1. The van der Waals surface area contributed by atoms with E-state index in [4.69, 9.17) is 28.9 Å². The van der Waals surface area contributed by atoms with E-state index >= 15 is 0 Å². The van der Waals surface area contributed by atoms with Gasteiger partial charge >= 0.3 is 0 Å². The molecule has 39 heavy (non-hydrogen) atoms. The topological polar surface area (TPSA) is 124 Å². The van der Waals surface area contributed by atoms with Gasteiger partial charge in [-0.15, -0.1) is 0 Å². The van der Waals surface area contributed by atoms with Crippen LogP contribution in [-0.4, -0.2) is 42.2 Å². The Bertz CT molecular complexity index is 1500. The zero-order valence-electron chi connectivity index (χ0n) is 21.2. The predicted octanol–water partition coefficient (Wildman–Crippen LogP) is 4.03. The highest BCUT2D eigenvalue weighted by Gasteiger charge is 2.15. The Labute approximate surface area is 235 Å². The summed E-state index contributed by atoms with van der Waals surface area (Å²) in [7, 11) is 0. The molecule has 1 aliphatic heterocycles. The van der Waals surface area contributed by atoms with Crippen molar-refractivity contribution in [2.75, 3.05) is 11.9 Å². The molecule has 1 atom stereocenters. The van der Waals surface area contributed by atoms with Crippen LogP contribution in [0.3, 0.4) is 0 Å². The lowest BCUT2D eigenvalue weighted by molar-refractivity contribution is -0.119. The van der Waals surface area contributed by atoms with Gasteiger partial charge in [-0.2, -0.15) is 5.10 Å². The summed E-state index contributed by atoms with van der Waals surface area (Å²) >= 11 is 11.8. The summed E-state index contributed by atoms with van der Waals surface area (Å²) in [4.78, 5) is 33.3. The number of benzene rings is 2. The van der Waals surface area contributed by atoms with Crippen molar-refractivity contribution in [2.24, 2.45) is 5.73 Å². The molecule has 0 spiro atoms. The lowest BCUT2D eigenvalue weighted by atomic mass is 10.1. The number of nitrogens with one attached hydrogen (secondary N) is 1. The van der Waals surface area contributed by atoms with Crippen LogP contribution in [0, 0.1) is 0 Å². The van der Waals surface area contributed by atoms with E-state index in [2.05, 4.69) is 20.4 Å². The lowest BCUT2D eigenvalue weighted by Gasteiger charge is -2.22. The van der Waals surface area contributed by atoms with Crippen molar-refractivity contribution in [2.45, 2.75) is 32.5 Å². The highest BCUT2D eigenvalue weighted by molar-refractivity contribution is 6.31. The van der Waals surface area contributed by atoms with Gasteiger partial charge in [0.05, 0.1) is 25.1 Å². The Morgan fingerprint density at radius 3 is 2.67 bits per heavy atom. The van der Waals surface area contributed by atoms with E-state index in [1.54, 1.807) is 34.0 Å². The van der Waals surface area contributed by atoms with Crippen molar-refractivity contribution >= 4 is 35.3 Å². The van der Waals surface area contributed by atoms with E-state index in [1.807, 2.05) is 41.9 Å². The van der Waals surface area contributed by atoms with Crippen LogP contribution < -0.4 is 16.6 Å². The molecule has 3 N–H and O–H groups in total. The SMILES string of the molecule is CC(Cc1ccccc1)n1cnc(-c2cc(Cl)ccc2N/C=C(\N)Cl)cc1=O.O=CN1CCn2ncnc2C1. The summed E-state index contributed by atoms with van der Waals surface area (Å²) in [5.74, 6) is 0.864. The van der Waals surface area contributed by atoms with E-state index in [9.17, 15) is 9.59 Å². The largest absolute Gasteiger partial charge is 0.388 e. The van der Waals surface area contributed by atoms with Gasteiger partial charge in [0.15, 0.2) is 0 Å². The van der Waals surface area contributed by atoms with Gasteiger partial charge in [0.25, 0.3) is 5.56 Å². The van der Waals surface area contributed by atoms with Gasteiger partial charge in [0.2, 0.25) is 6.41 Å². The molecule has 5 rings (SSSR count). The minimum absolute atomic E-state index is 0.0209. The van der Waals surface area contributed by atoms with Crippen molar-refractivity contribution in [3.05, 3.63) is 105 Å². The van der Waals surface area contributed by atoms with E-state index in [-0.39, 0.29) is 16.8 Å². The molecule has 2 aromatic heterocycles. The number of anilines is 1. The minimum Gasteiger partial charge on any atom is -0.388 e. The standard InChI is InChI=1S/C21H20Cl2N4O.C6H8N4O/c1-14(9-15-5-3-2-4-6-15)27-13-26-19(11-21(27)28)17-10-16(22)7-8-18(17)25-12-20(23)24;11-5-9-1-2-10-6(3-9)7-4-8-10/h2-8,10-14,25H,9,24H2,1H3;4-5H,1-3H2/b20-12-;. The summed E-state index contributed by atoms with van der Waals surface area (Å²) in [6, 6.07) is 16.8. The summed E-state index contributed by atoms with van der Waals surface area (Å²) < 4.78 is 3.45. The second kappa shape index (κ2) is 13.1. The smallest absolute Gasteiger partial charge is 0.254 e. The first-order chi connectivity index (χ1) is 18.8. The molecule has 0 saturated carbocycles. The van der Waals surface area contributed by atoms with Crippen molar-refractivity contribution in [3.8, 4) is 11.3 Å². The van der Waals surface area contributed by atoms with Crippen LogP contribution in [0.4, 0.5) is 5.69 Å². The summed E-state index contributed by atoms with van der Waals surface area (Å²) in [6.45, 7) is 4.08. The third-order valence-electron chi connectivity index (χ3n) is 6.10. The Balaban J connectivity index is 0.000000265. The van der Waals surface area contributed by atoms with Gasteiger partial charge in [0, 0.05) is 41.1 Å². The Kier molecular flexibility index (Phi) is 9.35. The van der Waals surface area contributed by atoms with Crippen LogP contribution in [0.2, 0.25) is 5.02 Å². The molecule has 1 aliphatic rings. The Morgan fingerprint density at radius 2 is 1.95 bits per heavy atom. The van der Waals surface area contributed by atoms with E-state index in [1.165, 1.54) is 18.6 Å². The third kappa shape index (κ3) is 7.46. The van der Waals surface area contributed by atoms with Gasteiger partial charge in [-0.3, -0.25) is 14.2 Å². The van der Waals surface area contributed by atoms with Crippen molar-refractivity contribution < 1.29 is 4.79 Å². The van der Waals surface area contributed by atoms with Crippen LogP contribution in [0.5, 0.6) is 0 Å². The molecular weight excluding hydrogens is 539 g/mol. The van der Waals surface area contributed by atoms with Crippen LogP contribution in [0.25, 0.3) is 11.3 Å². The Hall–Kier alpha value is -4.15. The summed E-state index contributed by atoms with van der Waals surface area (Å²) in [6.07, 6.45) is 6.13. The molecule has 12 heteroatoms. The zero-order valence-corrected chi connectivity index (χ0v) is 22.8. The maximum Gasteiger partial charge on any atom is 0.254 e. The predicted molar refractivity (Wildman–Crippen MR) is 152 cm³/mol. The van der Waals surface area contributed by atoms with Gasteiger partial charge < -0.3 is 16.0 Å². The van der Waals surface area contributed by atoms with Crippen LogP contribution in [0.15, 0.2) is 83.4 Å². The molecule has 3 heterocycles. The number of rotatable bonds is 7. The molecular formula is C27H28Cl2N8O2. The number of halogens is 2. The Morgan fingerprint density at radius 1 is 1.15 bits per heavy atom. The molecule has 0 saturated heterocycles. The second-order valence-corrected chi connectivity index (χ2v) is 9.77. The fourth-order valence-electron chi connectivity index (χ4n) is 4.11. The minimum atomic E-state index is -0.133. The fraction of sp³-hybridized carbons (Fsp3) is 0.222. The average molecular weight is 567 g/mol. The molecule has 0 aliphatic carbocycles.